The Morgan fingerprint density at radius 3 is 1.86 bits per heavy atom. The molecular weight excluding hydrogens is 1010 g/mol. The highest BCUT2D eigenvalue weighted by Crippen LogP contribution is 2.43. The van der Waals surface area contributed by atoms with E-state index in [1.165, 1.54) is 31.5 Å². The van der Waals surface area contributed by atoms with E-state index in [4.69, 9.17) is 37.9 Å². The third-order valence-corrected chi connectivity index (χ3v) is 14.2. The van der Waals surface area contributed by atoms with Crippen LogP contribution in [-0.2, 0) is 53.2 Å². The number of morpholine rings is 1. The van der Waals surface area contributed by atoms with Crippen molar-refractivity contribution in [2.75, 3.05) is 53.7 Å². The molecular formula is C58H78N4O16. The van der Waals surface area contributed by atoms with Gasteiger partial charge in [-0.2, -0.15) is 0 Å². The number of aliphatic carboxylic acids is 1. The van der Waals surface area contributed by atoms with Crippen molar-refractivity contribution in [1.29, 1.82) is 0 Å². The van der Waals surface area contributed by atoms with Crippen LogP contribution < -0.4 is 26.0 Å². The van der Waals surface area contributed by atoms with Crippen molar-refractivity contribution in [1.82, 2.24) is 19.8 Å². The minimum atomic E-state index is -1.31. The Morgan fingerprint density at radius 2 is 1.32 bits per heavy atom. The smallest absolute Gasteiger partial charge is 0.330 e. The number of nitrogens with one attached hydrogen (secondary N) is 2. The normalized spacial score (nSPS) is 21.6. The number of carbonyl (C=O) groups is 4. The molecule has 4 aromatic rings. The summed E-state index contributed by atoms with van der Waals surface area (Å²) in [7, 11) is 3.22. The molecule has 426 valence electrons. The molecule has 0 unspecified atom stereocenters. The second-order valence-electron chi connectivity index (χ2n) is 20.2. The van der Waals surface area contributed by atoms with Gasteiger partial charge in [-0.05, 0) is 73.7 Å². The number of carboxylic acid groups (broad SMARTS) is 1. The fraction of sp³-hybridized carbons (Fsp3) is 0.552. The maximum absolute atomic E-state index is 13.4. The van der Waals surface area contributed by atoms with Crippen LogP contribution in [0.1, 0.15) is 126 Å². The molecule has 0 saturated carbocycles. The number of benzene rings is 3. The number of carboxylic acids is 1. The summed E-state index contributed by atoms with van der Waals surface area (Å²) in [5, 5.41) is 23.5. The zero-order valence-corrected chi connectivity index (χ0v) is 45.8. The van der Waals surface area contributed by atoms with Crippen LogP contribution >= 0.6 is 0 Å². The van der Waals surface area contributed by atoms with Crippen molar-refractivity contribution < 1.29 is 67.3 Å². The molecule has 20 nitrogen and oxygen atoms in total. The van der Waals surface area contributed by atoms with Gasteiger partial charge in [0.05, 0.1) is 27.4 Å². The lowest BCUT2D eigenvalue weighted by Crippen LogP contribution is -2.65. The number of methoxy groups -OCH3 is 2. The van der Waals surface area contributed by atoms with Crippen molar-refractivity contribution in [3.05, 3.63) is 128 Å². The molecule has 4 N–H and O–H groups in total. The van der Waals surface area contributed by atoms with Crippen LogP contribution in [0, 0.1) is 6.92 Å². The van der Waals surface area contributed by atoms with Crippen molar-refractivity contribution in [2.45, 2.75) is 153 Å². The summed E-state index contributed by atoms with van der Waals surface area (Å²) in [6.45, 7) is 6.34. The van der Waals surface area contributed by atoms with Crippen molar-refractivity contribution in [3.8, 4) is 11.5 Å². The van der Waals surface area contributed by atoms with Gasteiger partial charge in [0.2, 0.25) is 5.91 Å². The summed E-state index contributed by atoms with van der Waals surface area (Å²) in [6, 6.07) is 24.2. The summed E-state index contributed by atoms with van der Waals surface area (Å²) >= 11 is 0. The largest absolute Gasteiger partial charge is 0.497 e. The second-order valence-corrected chi connectivity index (χ2v) is 20.2. The predicted octanol–water partition coefficient (Wildman–Crippen LogP) is 6.31. The number of hydrogen-bond acceptors (Lipinski definition) is 16. The molecule has 2 aliphatic rings. The number of H-pyrrole nitrogens is 1. The van der Waals surface area contributed by atoms with Crippen LogP contribution in [0.15, 0.2) is 94.6 Å². The van der Waals surface area contributed by atoms with Gasteiger partial charge in [-0.15, -0.1) is 0 Å². The van der Waals surface area contributed by atoms with Gasteiger partial charge in [-0.25, -0.2) is 4.79 Å². The number of aromatic nitrogens is 2. The summed E-state index contributed by atoms with van der Waals surface area (Å²) < 4.78 is 49.8. The lowest BCUT2D eigenvalue weighted by Gasteiger charge is -2.47. The van der Waals surface area contributed by atoms with Gasteiger partial charge in [0.1, 0.15) is 34.8 Å². The standard InChI is InChI=1S/C58H78N4O16/c1-39-34-62(56(70)60-54(39)69)49-35-61(36-57(37-63,78-49)38-74-58(43-20-16-15-17-21-43,44-22-26-46(71-5)27-23-44)45-24-28-47(72-6)29-25-45)32-18-13-11-9-7-8-10-12-14-19-33-73-55-51(59-40(2)64)53(76-42(4)66)52(75-41(3)65)48(77-55)30-31-50(67)68/h15-17,20-29,34,48-49,51-53,55,63H,7-14,18-19,30-33,35-38H2,1-6H3,(H,59,64)(H,67,68)(H,60,69,70)/t48-,49-,51-,52-,53-,55-,57-/m1/s1. The zero-order chi connectivity index (χ0) is 56.2. The Balaban J connectivity index is 1.04. The molecule has 0 radical (unpaired) electrons. The number of amides is 1. The third kappa shape index (κ3) is 16.6. The predicted molar refractivity (Wildman–Crippen MR) is 287 cm³/mol. The number of rotatable bonds is 30. The highest BCUT2D eigenvalue weighted by atomic mass is 16.7. The first-order valence-corrected chi connectivity index (χ1v) is 26.9. The summed E-state index contributed by atoms with van der Waals surface area (Å²) in [5.74, 6) is -1.55. The quantitative estimate of drug-likeness (QED) is 0.0254. The number of carbonyl (C=O) groups excluding carboxylic acids is 3. The van der Waals surface area contributed by atoms with Crippen LogP contribution in [0.4, 0.5) is 0 Å². The average Bonchev–Trinajstić information content (AvgIpc) is 3.54. The number of aliphatic hydroxyl groups is 1. The van der Waals surface area contributed by atoms with E-state index in [9.17, 15) is 39.0 Å². The molecule has 1 amide bonds. The van der Waals surface area contributed by atoms with Gasteiger partial charge < -0.3 is 53.4 Å². The molecule has 1 aromatic heterocycles. The van der Waals surface area contributed by atoms with Gasteiger partial charge >= 0.3 is 23.6 Å². The van der Waals surface area contributed by atoms with Crippen molar-refractivity contribution in [3.63, 3.8) is 0 Å². The molecule has 6 rings (SSSR count). The minimum absolute atomic E-state index is 0.0490. The Labute approximate surface area is 455 Å². The SMILES string of the molecule is COc1ccc(C(OC[C@]2(CO)CN(CCCCCCCCCCCCO[C@@H]3O[C@H](CCC(=O)O)[C@@H](OC(C)=O)[C@H](OC(C)=O)[C@H]3NC(C)=O)C[C@H](n3cc(C)c(=O)[nH]c3=O)O2)(c2ccccc2)c2ccc(OC)cc2)cc1. The van der Waals surface area contributed by atoms with E-state index in [1.54, 1.807) is 21.1 Å². The topological polar surface area (TPSA) is 253 Å². The first-order chi connectivity index (χ1) is 37.5. The van der Waals surface area contributed by atoms with Crippen LogP contribution in [-0.4, -0.2) is 138 Å². The molecule has 0 bridgehead atoms. The molecule has 78 heavy (non-hydrogen) atoms. The summed E-state index contributed by atoms with van der Waals surface area (Å²) in [6.07, 6.45) is 5.45. The van der Waals surface area contributed by atoms with E-state index >= 15 is 0 Å². The number of ether oxygens (including phenoxy) is 8. The van der Waals surface area contributed by atoms with Crippen molar-refractivity contribution in [2.24, 2.45) is 0 Å². The van der Waals surface area contributed by atoms with E-state index in [2.05, 4.69) is 15.2 Å². The monoisotopic (exact) mass is 1090 g/mol. The maximum atomic E-state index is 13.4. The molecule has 3 aromatic carbocycles. The summed E-state index contributed by atoms with van der Waals surface area (Å²) in [5.41, 5.74) is -0.818. The Morgan fingerprint density at radius 1 is 0.769 bits per heavy atom. The first kappa shape index (κ1) is 60.8. The van der Waals surface area contributed by atoms with Gasteiger partial charge in [-0.3, -0.25) is 38.4 Å². The molecule has 20 heteroatoms. The number of esters is 2. The maximum Gasteiger partial charge on any atom is 0.330 e. The van der Waals surface area contributed by atoms with E-state index in [0.29, 0.717) is 43.1 Å². The molecule has 0 spiro atoms. The van der Waals surface area contributed by atoms with E-state index in [-0.39, 0.29) is 26.1 Å². The highest BCUT2D eigenvalue weighted by Gasteiger charge is 2.51. The lowest BCUT2D eigenvalue weighted by atomic mass is 9.79. The number of aromatic amines is 1. The number of nitrogens with zero attached hydrogens (tertiary/aromatic N) is 2. The first-order valence-electron chi connectivity index (χ1n) is 26.9. The van der Waals surface area contributed by atoms with Gasteiger partial charge in [-0.1, -0.05) is 106 Å². The Kier molecular flexibility index (Phi) is 23.0. The minimum Gasteiger partial charge on any atom is -0.497 e. The molecule has 0 aliphatic carbocycles. The van der Waals surface area contributed by atoms with Gasteiger partial charge in [0, 0.05) is 58.6 Å². The fourth-order valence-electron chi connectivity index (χ4n) is 10.3. The number of aliphatic hydroxyl groups excluding tert-OH is 1. The molecule has 2 aliphatic heterocycles. The third-order valence-electron chi connectivity index (χ3n) is 14.2. The fourth-order valence-corrected chi connectivity index (χ4v) is 10.3. The van der Waals surface area contributed by atoms with Crippen LogP contribution in [0.5, 0.6) is 11.5 Å². The van der Waals surface area contributed by atoms with E-state index < -0.39 is 89.7 Å². The zero-order valence-electron chi connectivity index (χ0n) is 45.8. The van der Waals surface area contributed by atoms with Gasteiger partial charge in [0.25, 0.3) is 5.56 Å². The number of aryl methyl sites for hydroxylation is 1. The molecule has 2 saturated heterocycles. The van der Waals surface area contributed by atoms with Crippen LogP contribution in [0.25, 0.3) is 0 Å². The summed E-state index contributed by atoms with van der Waals surface area (Å²) in [4.78, 5) is 78.4. The Hall–Kier alpha value is -6.42. The molecule has 2 fully saturated rings. The second kappa shape index (κ2) is 29.5. The van der Waals surface area contributed by atoms with Gasteiger partial charge in [0.15, 0.2) is 24.7 Å². The number of hydrogen-bond donors (Lipinski definition) is 4. The molecule has 3 heterocycles. The highest BCUT2D eigenvalue weighted by molar-refractivity contribution is 5.74. The average molecular weight is 1090 g/mol. The van der Waals surface area contributed by atoms with E-state index in [0.717, 1.165) is 74.5 Å². The van der Waals surface area contributed by atoms with E-state index in [1.807, 2.05) is 78.9 Å². The number of unbranched alkanes of at least 4 members (excludes halogenated alkanes) is 9. The van der Waals surface area contributed by atoms with Crippen molar-refractivity contribution >= 4 is 23.8 Å². The van der Waals surface area contributed by atoms with Crippen LogP contribution in [0.3, 0.4) is 0 Å². The Bertz CT molecular complexity index is 2620. The lowest BCUT2D eigenvalue weighted by molar-refractivity contribution is -0.273. The molecule has 7 atom stereocenters. The van der Waals surface area contributed by atoms with Crippen LogP contribution in [0.2, 0.25) is 0 Å².